The van der Waals surface area contributed by atoms with Gasteiger partial charge in [0.15, 0.2) is 6.61 Å². The van der Waals surface area contributed by atoms with Gasteiger partial charge in [0, 0.05) is 6.42 Å². The zero-order chi connectivity index (χ0) is 17.6. The molecule has 3 aromatic rings. The second kappa shape index (κ2) is 7.56. The molecule has 2 aromatic heterocycles. The second-order valence-corrected chi connectivity index (χ2v) is 5.88. The summed E-state index contributed by atoms with van der Waals surface area (Å²) in [6, 6.07) is 7.32. The highest BCUT2D eigenvalue weighted by Gasteiger charge is 2.11. The summed E-state index contributed by atoms with van der Waals surface area (Å²) in [6.45, 7) is 4.01. The Bertz CT molecular complexity index is 827. The molecule has 0 aliphatic rings. The van der Waals surface area contributed by atoms with Crippen LogP contribution in [0.1, 0.15) is 19.7 Å². The zero-order valence-electron chi connectivity index (χ0n) is 14.0. The number of nitrogens with zero attached hydrogens (tertiary/aromatic N) is 5. The molecule has 1 amide bonds. The van der Waals surface area contributed by atoms with Crippen LogP contribution in [0.4, 0.5) is 5.95 Å². The van der Waals surface area contributed by atoms with Crippen molar-refractivity contribution in [3.8, 4) is 11.4 Å². The first-order valence-corrected chi connectivity index (χ1v) is 7.90. The van der Waals surface area contributed by atoms with Crippen molar-refractivity contribution in [2.45, 2.75) is 20.3 Å². The van der Waals surface area contributed by atoms with Crippen LogP contribution in [0.5, 0.6) is 5.75 Å². The van der Waals surface area contributed by atoms with Crippen molar-refractivity contribution in [3.05, 3.63) is 42.7 Å². The number of ether oxygens (including phenoxy) is 1. The maximum atomic E-state index is 12.1. The Morgan fingerprint density at radius 2 is 2.04 bits per heavy atom. The van der Waals surface area contributed by atoms with Crippen LogP contribution in [-0.2, 0) is 11.2 Å². The Hall–Kier alpha value is -3.23. The molecule has 0 spiro atoms. The zero-order valence-corrected chi connectivity index (χ0v) is 14.0. The average molecular weight is 341 g/mol. The number of anilines is 1. The first-order valence-electron chi connectivity index (χ1n) is 7.90. The van der Waals surface area contributed by atoms with Gasteiger partial charge in [-0.2, -0.15) is 4.98 Å². The predicted molar refractivity (Wildman–Crippen MR) is 90.4 cm³/mol. The van der Waals surface area contributed by atoms with Crippen molar-refractivity contribution in [1.82, 2.24) is 29.9 Å². The van der Waals surface area contributed by atoms with Crippen LogP contribution in [-0.4, -0.2) is 42.5 Å². The van der Waals surface area contributed by atoms with Gasteiger partial charge in [0.2, 0.25) is 5.95 Å². The molecule has 0 aliphatic heterocycles. The number of benzene rings is 1. The van der Waals surface area contributed by atoms with Crippen LogP contribution in [0.15, 0.2) is 36.9 Å². The Labute approximate surface area is 144 Å². The van der Waals surface area contributed by atoms with E-state index in [9.17, 15) is 4.79 Å². The third kappa shape index (κ3) is 4.40. The van der Waals surface area contributed by atoms with E-state index < -0.39 is 0 Å². The molecule has 1 aromatic carbocycles. The van der Waals surface area contributed by atoms with Crippen molar-refractivity contribution in [2.24, 2.45) is 5.92 Å². The molecular weight excluding hydrogens is 322 g/mol. The van der Waals surface area contributed by atoms with Gasteiger partial charge in [-0.25, -0.2) is 0 Å². The van der Waals surface area contributed by atoms with Gasteiger partial charge in [0.05, 0.1) is 5.69 Å². The second-order valence-electron chi connectivity index (χ2n) is 5.88. The molecule has 0 unspecified atom stereocenters. The van der Waals surface area contributed by atoms with Gasteiger partial charge in [-0.05, 0) is 18.1 Å². The molecule has 2 heterocycles. The normalized spacial score (nSPS) is 10.8. The number of nitrogens with one attached hydrogen (secondary N) is 2. The van der Waals surface area contributed by atoms with Gasteiger partial charge in [0.25, 0.3) is 5.91 Å². The lowest BCUT2D eigenvalue weighted by atomic mass is 10.1. The van der Waals surface area contributed by atoms with E-state index in [0.29, 0.717) is 11.7 Å². The summed E-state index contributed by atoms with van der Waals surface area (Å²) in [7, 11) is 0. The van der Waals surface area contributed by atoms with E-state index in [-0.39, 0.29) is 18.5 Å². The summed E-state index contributed by atoms with van der Waals surface area (Å²) < 4.78 is 7.32. The summed E-state index contributed by atoms with van der Waals surface area (Å²) in [4.78, 5) is 16.3. The number of aromatic nitrogens is 6. The largest absolute Gasteiger partial charge is 0.482 e. The number of rotatable bonds is 7. The summed E-state index contributed by atoms with van der Waals surface area (Å²) in [5.41, 5.74) is 0.748. The SMILES string of the molecule is CC(C)Cc1nc(NC(=O)COc2ccccc2-n2cnnc2)n[nH]1. The van der Waals surface area contributed by atoms with E-state index in [1.807, 2.05) is 18.2 Å². The van der Waals surface area contributed by atoms with Gasteiger partial charge < -0.3 is 4.74 Å². The molecule has 3 rings (SSSR count). The minimum atomic E-state index is -0.339. The summed E-state index contributed by atoms with van der Waals surface area (Å²) >= 11 is 0. The van der Waals surface area contributed by atoms with E-state index in [2.05, 4.69) is 44.5 Å². The fourth-order valence-electron chi connectivity index (χ4n) is 2.25. The first kappa shape index (κ1) is 16.6. The molecule has 0 bridgehead atoms. The van der Waals surface area contributed by atoms with Gasteiger partial charge in [0.1, 0.15) is 24.2 Å². The highest BCUT2D eigenvalue weighted by molar-refractivity contribution is 5.90. The van der Waals surface area contributed by atoms with Gasteiger partial charge >= 0.3 is 0 Å². The van der Waals surface area contributed by atoms with Gasteiger partial charge in [-0.3, -0.25) is 19.8 Å². The summed E-state index contributed by atoms with van der Waals surface area (Å²) in [6.07, 6.45) is 3.89. The molecule has 130 valence electrons. The number of carbonyl (C=O) groups is 1. The van der Waals surface area contributed by atoms with Crippen LogP contribution < -0.4 is 10.1 Å². The standard InChI is InChI=1S/C16H19N7O2/c1-11(2)7-14-19-16(22-21-14)20-15(24)8-25-13-6-4-3-5-12(13)23-9-17-18-10-23/h3-6,9-11H,7-8H2,1-2H3,(H2,19,20,21,22,24). The lowest BCUT2D eigenvalue weighted by Gasteiger charge is -2.10. The highest BCUT2D eigenvalue weighted by atomic mass is 16.5. The summed E-state index contributed by atoms with van der Waals surface area (Å²) in [5, 5.41) is 16.9. The Morgan fingerprint density at radius 3 is 2.80 bits per heavy atom. The van der Waals surface area contributed by atoms with Crippen LogP contribution in [0, 0.1) is 5.92 Å². The molecule has 0 fully saturated rings. The van der Waals surface area contributed by atoms with Crippen molar-refractivity contribution in [3.63, 3.8) is 0 Å². The molecular formula is C16H19N7O2. The number of aromatic amines is 1. The van der Waals surface area contributed by atoms with E-state index in [1.165, 1.54) is 0 Å². The summed E-state index contributed by atoms with van der Waals surface area (Å²) in [5.74, 6) is 1.65. The number of amides is 1. The molecule has 25 heavy (non-hydrogen) atoms. The smallest absolute Gasteiger partial charge is 0.264 e. The highest BCUT2D eigenvalue weighted by Crippen LogP contribution is 2.21. The number of carbonyl (C=O) groups excluding carboxylic acids is 1. The van der Waals surface area contributed by atoms with E-state index >= 15 is 0 Å². The quantitative estimate of drug-likeness (QED) is 0.675. The minimum Gasteiger partial charge on any atom is -0.482 e. The molecule has 2 N–H and O–H groups in total. The van der Waals surface area contributed by atoms with Crippen molar-refractivity contribution in [1.29, 1.82) is 0 Å². The average Bonchev–Trinajstić information content (AvgIpc) is 3.25. The third-order valence-electron chi connectivity index (χ3n) is 3.31. The Balaban J connectivity index is 1.59. The van der Waals surface area contributed by atoms with Gasteiger partial charge in [-0.15, -0.1) is 15.3 Å². The van der Waals surface area contributed by atoms with Crippen molar-refractivity contribution >= 4 is 11.9 Å². The maximum Gasteiger partial charge on any atom is 0.264 e. The molecule has 0 radical (unpaired) electrons. The predicted octanol–water partition coefficient (Wildman–Crippen LogP) is 1.60. The Morgan fingerprint density at radius 1 is 1.28 bits per heavy atom. The minimum absolute atomic E-state index is 0.160. The number of hydrogen-bond donors (Lipinski definition) is 2. The molecule has 9 heteroatoms. The Kier molecular flexibility index (Phi) is 5.03. The monoisotopic (exact) mass is 341 g/mol. The topological polar surface area (TPSA) is 111 Å². The first-order chi connectivity index (χ1) is 12.1. The van der Waals surface area contributed by atoms with Crippen molar-refractivity contribution < 1.29 is 9.53 Å². The van der Waals surface area contributed by atoms with Crippen molar-refractivity contribution in [2.75, 3.05) is 11.9 Å². The van der Waals surface area contributed by atoms with E-state index in [1.54, 1.807) is 23.3 Å². The number of H-pyrrole nitrogens is 1. The third-order valence-corrected chi connectivity index (χ3v) is 3.31. The fourth-order valence-corrected chi connectivity index (χ4v) is 2.25. The fraction of sp³-hybridized carbons (Fsp3) is 0.312. The molecule has 0 saturated heterocycles. The van der Waals surface area contributed by atoms with Crippen LogP contribution >= 0.6 is 0 Å². The number of hydrogen-bond acceptors (Lipinski definition) is 6. The molecule has 0 saturated carbocycles. The lowest BCUT2D eigenvalue weighted by Crippen LogP contribution is -2.21. The number of para-hydroxylation sites is 2. The van der Waals surface area contributed by atoms with Crippen LogP contribution in [0.3, 0.4) is 0 Å². The lowest BCUT2D eigenvalue weighted by molar-refractivity contribution is -0.118. The van der Waals surface area contributed by atoms with E-state index in [0.717, 1.165) is 17.9 Å². The van der Waals surface area contributed by atoms with Crippen LogP contribution in [0.25, 0.3) is 5.69 Å². The van der Waals surface area contributed by atoms with Gasteiger partial charge in [-0.1, -0.05) is 26.0 Å². The maximum absolute atomic E-state index is 12.1. The van der Waals surface area contributed by atoms with E-state index in [4.69, 9.17) is 4.74 Å². The molecule has 0 aliphatic carbocycles. The molecule has 0 atom stereocenters. The molecule has 9 nitrogen and oxygen atoms in total. The van der Waals surface area contributed by atoms with Crippen LogP contribution in [0.2, 0.25) is 0 Å².